The Balaban J connectivity index is 1.67. The van der Waals surface area contributed by atoms with Crippen molar-refractivity contribution in [1.82, 2.24) is 9.21 Å². The fourth-order valence-corrected chi connectivity index (χ4v) is 6.94. The van der Waals surface area contributed by atoms with E-state index >= 15 is 0 Å². The van der Waals surface area contributed by atoms with Crippen LogP contribution in [0.1, 0.15) is 54.0 Å². The summed E-state index contributed by atoms with van der Waals surface area (Å²) in [6.45, 7) is 11.1. The second-order valence-corrected chi connectivity index (χ2v) is 14.9. The zero-order chi connectivity index (χ0) is 33.4. The van der Waals surface area contributed by atoms with Crippen molar-refractivity contribution in [2.75, 3.05) is 26.5 Å². The molecule has 2 aromatic carbocycles. The smallest absolute Gasteiger partial charge is 0.422 e. The molecule has 2 aromatic rings. The predicted molar refractivity (Wildman–Crippen MR) is 159 cm³/mol. The van der Waals surface area contributed by atoms with Crippen molar-refractivity contribution >= 4 is 16.1 Å². The van der Waals surface area contributed by atoms with Crippen molar-refractivity contribution in [1.29, 1.82) is 0 Å². The average Bonchev–Trinajstić information content (AvgIpc) is 3.47. The van der Waals surface area contributed by atoms with Crippen molar-refractivity contribution in [3.05, 3.63) is 48.0 Å². The van der Waals surface area contributed by atoms with Gasteiger partial charge in [0.1, 0.15) is 17.1 Å². The highest BCUT2D eigenvalue weighted by molar-refractivity contribution is 7.89. The molecule has 2 heterocycles. The number of hydrogen-bond donors (Lipinski definition) is 0. The summed E-state index contributed by atoms with van der Waals surface area (Å²) in [5, 5.41) is 0. The van der Waals surface area contributed by atoms with Crippen LogP contribution in [0.3, 0.4) is 0 Å². The van der Waals surface area contributed by atoms with Gasteiger partial charge in [-0.15, -0.1) is 0 Å². The van der Waals surface area contributed by atoms with E-state index in [2.05, 4.69) is 0 Å². The summed E-state index contributed by atoms with van der Waals surface area (Å²) in [6.07, 6.45) is -5.71. The van der Waals surface area contributed by atoms with E-state index in [1.165, 1.54) is 33.5 Å². The Bertz CT molecular complexity index is 1460. The molecule has 0 N–H and O–H groups in total. The predicted octanol–water partition coefficient (Wildman–Crippen LogP) is 5.99. The first-order valence-electron chi connectivity index (χ1n) is 14.6. The first-order valence-corrected chi connectivity index (χ1v) is 16.1. The van der Waals surface area contributed by atoms with Crippen LogP contribution >= 0.6 is 0 Å². The number of amides is 1. The van der Waals surface area contributed by atoms with E-state index in [0.29, 0.717) is 17.1 Å². The maximum atomic E-state index is 14.0. The number of benzene rings is 2. The molecule has 0 aromatic heterocycles. The molecule has 1 saturated heterocycles. The normalized spacial score (nSPS) is 19.8. The molecule has 0 radical (unpaired) electrons. The van der Waals surface area contributed by atoms with Crippen molar-refractivity contribution in [2.24, 2.45) is 5.92 Å². The molecule has 0 spiro atoms. The van der Waals surface area contributed by atoms with Crippen LogP contribution < -0.4 is 14.2 Å². The number of fused-ring (bicyclic) bond motifs is 1. The molecular formula is C31H41F3N2O8S. The summed E-state index contributed by atoms with van der Waals surface area (Å²) >= 11 is 0. The molecule has 14 heteroatoms. The number of carbonyl (C=O) groups is 1. The Morgan fingerprint density at radius 3 is 2.31 bits per heavy atom. The SMILES string of the molecule is CC(C)CN(C[C@H]1OC(C)(C)N(C(=O)OC(C)(C)C)[C@H]1Cc1ccc(OCC(F)(F)F)cc1)S(=O)(=O)c1ccc2c(c1)OCO2. The highest BCUT2D eigenvalue weighted by Gasteiger charge is 2.52. The molecule has 2 aliphatic heterocycles. The molecular weight excluding hydrogens is 617 g/mol. The van der Waals surface area contributed by atoms with E-state index in [4.69, 9.17) is 23.7 Å². The lowest BCUT2D eigenvalue weighted by molar-refractivity contribution is -0.153. The van der Waals surface area contributed by atoms with Gasteiger partial charge in [0.2, 0.25) is 16.8 Å². The van der Waals surface area contributed by atoms with Gasteiger partial charge in [-0.2, -0.15) is 17.5 Å². The molecule has 0 bridgehead atoms. The summed E-state index contributed by atoms with van der Waals surface area (Å²) in [5.41, 5.74) is -1.33. The maximum Gasteiger partial charge on any atom is 0.422 e. The van der Waals surface area contributed by atoms with Gasteiger partial charge >= 0.3 is 12.3 Å². The Labute approximate surface area is 262 Å². The second kappa shape index (κ2) is 12.9. The van der Waals surface area contributed by atoms with E-state index in [1.54, 1.807) is 52.8 Å². The Kier molecular flexibility index (Phi) is 9.91. The first kappa shape index (κ1) is 34.6. The first-order chi connectivity index (χ1) is 20.7. The van der Waals surface area contributed by atoms with E-state index in [0.717, 1.165) is 0 Å². The number of ether oxygens (including phenoxy) is 5. The number of carbonyl (C=O) groups excluding carboxylic acids is 1. The third-order valence-electron chi connectivity index (χ3n) is 7.08. The summed E-state index contributed by atoms with van der Waals surface area (Å²) in [7, 11) is -4.05. The Hall–Kier alpha value is -3.23. The monoisotopic (exact) mass is 658 g/mol. The van der Waals surface area contributed by atoms with Gasteiger partial charge in [-0.1, -0.05) is 26.0 Å². The van der Waals surface area contributed by atoms with Crippen LogP contribution in [0.2, 0.25) is 0 Å². The van der Waals surface area contributed by atoms with Crippen LogP contribution in [-0.2, 0) is 25.9 Å². The number of hydrogen-bond acceptors (Lipinski definition) is 8. The van der Waals surface area contributed by atoms with Gasteiger partial charge in [-0.3, -0.25) is 4.90 Å². The van der Waals surface area contributed by atoms with E-state index in [9.17, 15) is 26.4 Å². The van der Waals surface area contributed by atoms with Gasteiger partial charge in [-0.25, -0.2) is 13.2 Å². The van der Waals surface area contributed by atoms with E-state index in [-0.39, 0.29) is 42.9 Å². The number of nitrogens with zero attached hydrogens (tertiary/aromatic N) is 2. The molecule has 2 atom stereocenters. The van der Waals surface area contributed by atoms with Crippen LogP contribution in [0.5, 0.6) is 17.2 Å². The molecule has 250 valence electrons. The average molecular weight is 659 g/mol. The standard InChI is InChI=1S/C31H41F3N2O8S/c1-20(2)16-35(45(38,39)23-12-13-25-26(15-23)42-19-41-25)17-27-24(36(30(6,7)43-27)28(37)44-29(3,4)5)14-21-8-10-22(11-9-21)40-18-31(32,33)34/h8-13,15,20,24,27H,14,16-19H2,1-7H3/t24-,27+/m0/s1. The molecule has 4 rings (SSSR count). The minimum atomic E-state index is -4.48. The number of alkyl halides is 3. The van der Waals surface area contributed by atoms with E-state index in [1.807, 2.05) is 13.8 Å². The molecule has 0 saturated carbocycles. The minimum Gasteiger partial charge on any atom is -0.484 e. The van der Waals surface area contributed by atoms with Crippen molar-refractivity contribution in [2.45, 2.75) is 89.4 Å². The lowest BCUT2D eigenvalue weighted by atomic mass is 9.99. The summed E-state index contributed by atoms with van der Waals surface area (Å²) in [6, 6.07) is 9.80. The van der Waals surface area contributed by atoms with Crippen molar-refractivity contribution in [3.8, 4) is 17.2 Å². The maximum absolute atomic E-state index is 14.0. The van der Waals surface area contributed by atoms with Crippen LogP contribution in [0.25, 0.3) is 0 Å². The number of sulfonamides is 1. The molecule has 0 unspecified atom stereocenters. The van der Waals surface area contributed by atoms with Gasteiger partial charge in [0.25, 0.3) is 0 Å². The fourth-order valence-electron chi connectivity index (χ4n) is 5.31. The zero-order valence-electron chi connectivity index (χ0n) is 26.5. The van der Waals surface area contributed by atoms with Gasteiger partial charge in [0.05, 0.1) is 17.0 Å². The fraction of sp³-hybridized carbons (Fsp3) is 0.581. The third-order valence-corrected chi connectivity index (χ3v) is 8.90. The Morgan fingerprint density at radius 2 is 1.71 bits per heavy atom. The van der Waals surface area contributed by atoms with Gasteiger partial charge in [0, 0.05) is 19.2 Å². The largest absolute Gasteiger partial charge is 0.484 e. The van der Waals surface area contributed by atoms with Gasteiger partial charge in [0.15, 0.2) is 18.1 Å². The van der Waals surface area contributed by atoms with Gasteiger partial charge in [-0.05, 0) is 76.8 Å². The quantitative estimate of drug-likeness (QED) is 0.307. The molecule has 1 fully saturated rings. The highest BCUT2D eigenvalue weighted by Crippen LogP contribution is 2.38. The number of rotatable bonds is 10. The van der Waals surface area contributed by atoms with Gasteiger partial charge < -0.3 is 23.7 Å². The van der Waals surface area contributed by atoms with Crippen LogP contribution in [0.4, 0.5) is 18.0 Å². The second-order valence-electron chi connectivity index (χ2n) is 13.0. The lowest BCUT2D eigenvalue weighted by Crippen LogP contribution is -2.52. The lowest BCUT2D eigenvalue weighted by Gasteiger charge is -2.35. The topological polar surface area (TPSA) is 104 Å². The Morgan fingerprint density at radius 1 is 1.07 bits per heavy atom. The molecule has 0 aliphatic carbocycles. The highest BCUT2D eigenvalue weighted by atomic mass is 32.2. The zero-order valence-corrected chi connectivity index (χ0v) is 27.3. The van der Waals surface area contributed by atoms with E-state index < -0.39 is 52.4 Å². The summed E-state index contributed by atoms with van der Waals surface area (Å²) in [5.74, 6) is 0.772. The van der Waals surface area contributed by atoms with Crippen molar-refractivity contribution in [3.63, 3.8) is 0 Å². The molecule has 10 nitrogen and oxygen atoms in total. The summed E-state index contributed by atoms with van der Waals surface area (Å²) in [4.78, 5) is 15.1. The van der Waals surface area contributed by atoms with Crippen molar-refractivity contribution < 1.29 is 50.1 Å². The molecule has 1 amide bonds. The third kappa shape index (κ3) is 8.73. The van der Waals surface area contributed by atoms with Crippen LogP contribution in [-0.4, -0.2) is 79.9 Å². The number of halogens is 3. The van der Waals surface area contributed by atoms with Crippen LogP contribution in [0.15, 0.2) is 47.4 Å². The minimum absolute atomic E-state index is 0.00282. The molecule has 2 aliphatic rings. The summed E-state index contributed by atoms with van der Waals surface area (Å²) < 4.78 is 95.0. The van der Waals surface area contributed by atoms with Crippen LogP contribution in [0, 0.1) is 5.92 Å². The molecule has 45 heavy (non-hydrogen) atoms.